The summed E-state index contributed by atoms with van der Waals surface area (Å²) in [6.07, 6.45) is 0.746. The summed E-state index contributed by atoms with van der Waals surface area (Å²) >= 11 is 6.02. The molecule has 5 rings (SSSR count). The van der Waals surface area contributed by atoms with Gasteiger partial charge in [-0.3, -0.25) is 4.79 Å². The first kappa shape index (κ1) is 30.7. The highest BCUT2D eigenvalue weighted by molar-refractivity contribution is 6.30. The highest BCUT2D eigenvalue weighted by Crippen LogP contribution is 2.31. The Hall–Kier alpha value is -4.74. The third kappa shape index (κ3) is 8.65. The molecule has 0 spiro atoms. The molecule has 0 aliphatic rings. The van der Waals surface area contributed by atoms with Crippen LogP contribution in [0.15, 0.2) is 133 Å². The van der Waals surface area contributed by atoms with Crippen LogP contribution in [0.25, 0.3) is 0 Å². The van der Waals surface area contributed by atoms with Crippen LogP contribution in [-0.4, -0.2) is 31.1 Å². The van der Waals surface area contributed by atoms with E-state index >= 15 is 0 Å². The van der Waals surface area contributed by atoms with Crippen LogP contribution in [0.2, 0.25) is 5.02 Å². The van der Waals surface area contributed by atoms with Crippen LogP contribution in [0.1, 0.15) is 34.6 Å². The van der Waals surface area contributed by atoms with E-state index in [0.717, 1.165) is 17.5 Å². The summed E-state index contributed by atoms with van der Waals surface area (Å²) in [7, 11) is 1.63. The average molecular weight is 606 g/mol. The number of amides is 1. The van der Waals surface area contributed by atoms with E-state index in [1.54, 1.807) is 31.4 Å². The van der Waals surface area contributed by atoms with Gasteiger partial charge in [0.1, 0.15) is 12.4 Å². The van der Waals surface area contributed by atoms with E-state index in [9.17, 15) is 4.79 Å². The highest BCUT2D eigenvalue weighted by atomic mass is 35.5. The minimum atomic E-state index is -0.108. The summed E-state index contributed by atoms with van der Waals surface area (Å²) in [5.74, 6) is 1.89. The molecule has 6 heteroatoms. The molecule has 0 radical (unpaired) electrons. The molecule has 0 unspecified atom stereocenters. The molecule has 44 heavy (non-hydrogen) atoms. The molecule has 5 aromatic rings. The lowest BCUT2D eigenvalue weighted by Gasteiger charge is -2.26. The zero-order valence-corrected chi connectivity index (χ0v) is 25.5. The number of carbonyl (C=O) groups excluding carboxylic acids is 1. The van der Waals surface area contributed by atoms with Crippen molar-refractivity contribution in [2.45, 2.75) is 25.5 Å². The molecule has 0 aliphatic carbocycles. The zero-order chi connectivity index (χ0) is 30.6. The van der Waals surface area contributed by atoms with E-state index in [1.807, 2.05) is 65.6 Å². The monoisotopic (exact) mass is 605 g/mol. The van der Waals surface area contributed by atoms with Crippen molar-refractivity contribution < 1.29 is 19.0 Å². The molecular formula is C38H36ClNO4. The van der Waals surface area contributed by atoms with Gasteiger partial charge in [-0.25, -0.2) is 0 Å². The zero-order valence-electron chi connectivity index (χ0n) is 24.8. The van der Waals surface area contributed by atoms with Crippen molar-refractivity contribution in [1.29, 1.82) is 0 Å². The van der Waals surface area contributed by atoms with Crippen molar-refractivity contribution in [3.05, 3.63) is 161 Å². The summed E-state index contributed by atoms with van der Waals surface area (Å²) in [5, 5.41) is 0.614. The maximum absolute atomic E-state index is 13.7. The van der Waals surface area contributed by atoms with Crippen LogP contribution in [0.5, 0.6) is 17.2 Å². The molecule has 5 aromatic carbocycles. The second kappa shape index (κ2) is 15.6. The van der Waals surface area contributed by atoms with Gasteiger partial charge in [0, 0.05) is 24.0 Å². The second-order valence-electron chi connectivity index (χ2n) is 10.5. The lowest BCUT2D eigenvalue weighted by Crippen LogP contribution is -2.36. The molecule has 224 valence electrons. The Bertz CT molecular complexity index is 1560. The maximum Gasteiger partial charge on any atom is 0.260 e. The van der Waals surface area contributed by atoms with Crippen LogP contribution in [0.3, 0.4) is 0 Å². The number of rotatable bonds is 14. The molecule has 0 fully saturated rings. The van der Waals surface area contributed by atoms with Gasteiger partial charge in [-0.1, -0.05) is 109 Å². The van der Waals surface area contributed by atoms with Gasteiger partial charge in [-0.05, 0) is 65.1 Å². The maximum atomic E-state index is 13.7. The first-order valence-electron chi connectivity index (χ1n) is 14.7. The number of nitrogens with zero attached hydrogens (tertiary/aromatic N) is 1. The summed E-state index contributed by atoms with van der Waals surface area (Å²) in [4.78, 5) is 15.5. The van der Waals surface area contributed by atoms with Crippen molar-refractivity contribution in [2.24, 2.45) is 0 Å². The third-order valence-corrected chi connectivity index (χ3v) is 7.71. The number of hydrogen-bond acceptors (Lipinski definition) is 4. The van der Waals surface area contributed by atoms with Crippen LogP contribution >= 0.6 is 11.6 Å². The Labute approximate surface area is 264 Å². The standard InChI is InChI=1S/C38H36ClNO4/c1-42-37-25-30(17-22-36(37)44-27-29-11-5-2-6-12-29)26-40(38(41)28-43-34-20-18-33(39)19-21-34)24-23-35(31-13-7-3-8-14-31)32-15-9-4-10-16-32/h2-22,25,35H,23-24,26-28H2,1H3. The van der Waals surface area contributed by atoms with Gasteiger partial charge in [0.05, 0.1) is 7.11 Å². The van der Waals surface area contributed by atoms with E-state index in [1.165, 1.54) is 11.1 Å². The first-order chi connectivity index (χ1) is 21.6. The number of hydrogen-bond donors (Lipinski definition) is 0. The van der Waals surface area contributed by atoms with Crippen LogP contribution in [0.4, 0.5) is 0 Å². The molecular weight excluding hydrogens is 570 g/mol. The van der Waals surface area contributed by atoms with Crippen molar-refractivity contribution in [3.63, 3.8) is 0 Å². The molecule has 1 amide bonds. The molecule has 0 aliphatic heterocycles. The summed E-state index contributed by atoms with van der Waals surface area (Å²) in [6, 6.07) is 43.7. The Morgan fingerprint density at radius 3 is 1.93 bits per heavy atom. The Kier molecular flexibility index (Phi) is 10.9. The smallest absolute Gasteiger partial charge is 0.260 e. The van der Waals surface area contributed by atoms with Gasteiger partial charge in [-0.2, -0.15) is 0 Å². The fourth-order valence-electron chi connectivity index (χ4n) is 5.13. The van der Waals surface area contributed by atoms with Gasteiger partial charge >= 0.3 is 0 Å². The molecule has 0 N–H and O–H groups in total. The Balaban J connectivity index is 1.34. The molecule has 0 aromatic heterocycles. The van der Waals surface area contributed by atoms with Gasteiger partial charge in [-0.15, -0.1) is 0 Å². The lowest BCUT2D eigenvalue weighted by molar-refractivity contribution is -0.134. The number of halogens is 1. The largest absolute Gasteiger partial charge is 0.493 e. The quantitative estimate of drug-likeness (QED) is 0.127. The Morgan fingerprint density at radius 2 is 1.32 bits per heavy atom. The van der Waals surface area contributed by atoms with Crippen molar-refractivity contribution in [1.82, 2.24) is 4.90 Å². The van der Waals surface area contributed by atoms with Gasteiger partial charge in [0.25, 0.3) is 5.91 Å². The van der Waals surface area contributed by atoms with Crippen LogP contribution in [0, 0.1) is 0 Å². The fraction of sp³-hybridized carbons (Fsp3) is 0.184. The molecule has 0 bridgehead atoms. The summed E-state index contributed by atoms with van der Waals surface area (Å²) in [5.41, 5.74) is 4.43. The highest BCUT2D eigenvalue weighted by Gasteiger charge is 2.21. The van der Waals surface area contributed by atoms with Gasteiger partial charge in [0.15, 0.2) is 18.1 Å². The average Bonchev–Trinajstić information content (AvgIpc) is 3.08. The van der Waals surface area contributed by atoms with E-state index in [4.69, 9.17) is 25.8 Å². The lowest BCUT2D eigenvalue weighted by atomic mass is 9.88. The topological polar surface area (TPSA) is 48.0 Å². The number of benzene rings is 5. The van der Waals surface area contributed by atoms with E-state index in [-0.39, 0.29) is 18.4 Å². The molecule has 0 heterocycles. The van der Waals surface area contributed by atoms with Gasteiger partial charge < -0.3 is 19.1 Å². The summed E-state index contributed by atoms with van der Waals surface area (Å²) in [6.45, 7) is 1.28. The summed E-state index contributed by atoms with van der Waals surface area (Å²) < 4.78 is 17.6. The van der Waals surface area contributed by atoms with Crippen molar-refractivity contribution in [2.75, 3.05) is 20.3 Å². The van der Waals surface area contributed by atoms with Crippen molar-refractivity contribution in [3.8, 4) is 17.2 Å². The minimum absolute atomic E-state index is 0.0849. The normalized spacial score (nSPS) is 10.8. The number of carbonyl (C=O) groups is 1. The molecule has 5 nitrogen and oxygen atoms in total. The minimum Gasteiger partial charge on any atom is -0.493 e. The predicted octanol–water partition coefficient (Wildman–Crippen LogP) is 8.56. The van der Waals surface area contributed by atoms with Crippen molar-refractivity contribution >= 4 is 17.5 Å². The molecule has 0 saturated carbocycles. The second-order valence-corrected chi connectivity index (χ2v) is 10.9. The van der Waals surface area contributed by atoms with Crippen LogP contribution < -0.4 is 14.2 Å². The predicted molar refractivity (Wildman–Crippen MR) is 175 cm³/mol. The van der Waals surface area contributed by atoms with Gasteiger partial charge in [0.2, 0.25) is 0 Å². The first-order valence-corrected chi connectivity index (χ1v) is 15.1. The number of ether oxygens (including phenoxy) is 3. The Morgan fingerprint density at radius 1 is 0.705 bits per heavy atom. The third-order valence-electron chi connectivity index (χ3n) is 7.46. The SMILES string of the molecule is COc1cc(CN(CCC(c2ccccc2)c2ccccc2)C(=O)COc2ccc(Cl)cc2)ccc1OCc1ccccc1. The molecule has 0 saturated heterocycles. The van der Waals surface area contributed by atoms with E-state index in [2.05, 4.69) is 48.5 Å². The number of methoxy groups -OCH3 is 1. The fourth-order valence-corrected chi connectivity index (χ4v) is 5.25. The van der Waals surface area contributed by atoms with E-state index in [0.29, 0.717) is 42.0 Å². The van der Waals surface area contributed by atoms with Crippen LogP contribution in [-0.2, 0) is 17.9 Å². The van der Waals surface area contributed by atoms with E-state index < -0.39 is 0 Å². The molecule has 0 atom stereocenters.